The monoisotopic (exact) mass is 728 g/mol. The molecule has 0 bridgehead atoms. The Hall–Kier alpha value is -7.76. The molecule has 266 valence electrons. The van der Waals surface area contributed by atoms with E-state index in [-0.39, 0.29) is 0 Å². The number of benzene rings is 8. The maximum Gasteiger partial charge on any atom is 0.228 e. The van der Waals surface area contributed by atoms with Crippen molar-refractivity contribution in [3.63, 3.8) is 0 Å². The minimum Gasteiger partial charge on any atom is -0.436 e. The number of oxazole rings is 1. The van der Waals surface area contributed by atoms with Crippen LogP contribution in [-0.4, -0.2) is 19.1 Å². The third-order valence-electron chi connectivity index (χ3n) is 11.4. The van der Waals surface area contributed by atoms with Crippen molar-refractivity contribution in [2.45, 2.75) is 0 Å². The van der Waals surface area contributed by atoms with Gasteiger partial charge in [0.2, 0.25) is 5.89 Å². The van der Waals surface area contributed by atoms with E-state index in [0.29, 0.717) is 5.89 Å². The van der Waals surface area contributed by atoms with Crippen LogP contribution in [0.5, 0.6) is 0 Å². The lowest BCUT2D eigenvalue weighted by Gasteiger charge is -2.14. The molecule has 0 saturated carbocycles. The SMILES string of the molecule is c1ccc(-n2c3ccccc3c3cc(-c4ccc(-n5c6ccccc6c6ccccc65)cc4-c4nc5c(ccc6cc(-c7ccccn7)ccc65)o4)ccc32)cc1. The standard InChI is InChI=1S/C52H32N4O/c1-2-12-36(13-3-1)55-48-20-9-6-16-42(48)43-31-34(22-27-49(43)55)38-26-24-37(56-46-18-7-4-14-40(46)41-15-5-8-19-47(41)56)32-44(38)52-54-51-39-25-21-35(45-17-10-11-29-53-45)30-33(39)23-28-50(51)57-52/h1-32H. The molecular weight excluding hydrogens is 697 g/mol. The predicted molar refractivity (Wildman–Crippen MR) is 234 cm³/mol. The highest BCUT2D eigenvalue weighted by molar-refractivity contribution is 6.12. The van der Waals surface area contributed by atoms with E-state index in [0.717, 1.165) is 77.7 Å². The summed E-state index contributed by atoms with van der Waals surface area (Å²) >= 11 is 0. The number of fused-ring (bicyclic) bond motifs is 9. The summed E-state index contributed by atoms with van der Waals surface area (Å²) in [6.07, 6.45) is 1.83. The zero-order chi connectivity index (χ0) is 37.5. The number of hydrogen-bond donors (Lipinski definition) is 0. The molecule has 0 aliphatic rings. The molecule has 0 N–H and O–H groups in total. The molecule has 0 spiro atoms. The van der Waals surface area contributed by atoms with Gasteiger partial charge >= 0.3 is 0 Å². The van der Waals surface area contributed by atoms with E-state index in [1.807, 2.05) is 30.5 Å². The van der Waals surface area contributed by atoms with Gasteiger partial charge in [-0.1, -0.05) is 109 Å². The summed E-state index contributed by atoms with van der Waals surface area (Å²) in [7, 11) is 0. The highest BCUT2D eigenvalue weighted by atomic mass is 16.3. The van der Waals surface area contributed by atoms with Gasteiger partial charge in [-0.2, -0.15) is 0 Å². The molecule has 4 heterocycles. The highest BCUT2D eigenvalue weighted by Gasteiger charge is 2.21. The van der Waals surface area contributed by atoms with E-state index in [2.05, 4.69) is 178 Å². The fourth-order valence-electron chi connectivity index (χ4n) is 8.82. The van der Waals surface area contributed by atoms with Gasteiger partial charge in [0.15, 0.2) is 5.58 Å². The first-order chi connectivity index (χ1) is 28.3. The molecule has 0 saturated heterocycles. The van der Waals surface area contributed by atoms with Gasteiger partial charge in [-0.05, 0) is 95.4 Å². The van der Waals surface area contributed by atoms with Crippen molar-refractivity contribution in [3.05, 3.63) is 194 Å². The van der Waals surface area contributed by atoms with Crippen molar-refractivity contribution in [1.29, 1.82) is 0 Å². The first-order valence-corrected chi connectivity index (χ1v) is 19.2. The van der Waals surface area contributed by atoms with Crippen LogP contribution in [0.15, 0.2) is 199 Å². The summed E-state index contributed by atoms with van der Waals surface area (Å²) in [6, 6.07) is 66.6. The molecule has 0 atom stereocenters. The third-order valence-corrected chi connectivity index (χ3v) is 11.4. The van der Waals surface area contributed by atoms with Gasteiger partial charge in [-0.3, -0.25) is 4.98 Å². The Morgan fingerprint density at radius 1 is 0.404 bits per heavy atom. The summed E-state index contributed by atoms with van der Waals surface area (Å²) in [4.78, 5) is 9.89. The predicted octanol–water partition coefficient (Wildman–Crippen LogP) is 13.6. The second-order valence-electron chi connectivity index (χ2n) is 14.6. The van der Waals surface area contributed by atoms with Crippen LogP contribution >= 0.6 is 0 Å². The minimum atomic E-state index is 0.579. The van der Waals surface area contributed by atoms with Gasteiger partial charge in [0.05, 0.1) is 27.8 Å². The van der Waals surface area contributed by atoms with Crippen LogP contribution in [0.25, 0.3) is 111 Å². The van der Waals surface area contributed by atoms with E-state index >= 15 is 0 Å². The first kappa shape index (κ1) is 31.6. The first-order valence-electron chi connectivity index (χ1n) is 19.2. The lowest BCUT2D eigenvalue weighted by Crippen LogP contribution is -1.96. The van der Waals surface area contributed by atoms with Crippen molar-refractivity contribution >= 4 is 65.5 Å². The Labute approximate surface area is 327 Å². The largest absolute Gasteiger partial charge is 0.436 e. The zero-order valence-corrected chi connectivity index (χ0v) is 30.7. The summed E-state index contributed by atoms with van der Waals surface area (Å²) in [5.41, 5.74) is 13.5. The normalized spacial score (nSPS) is 11.9. The molecule has 0 unspecified atom stereocenters. The lowest BCUT2D eigenvalue weighted by molar-refractivity contribution is 0.620. The Kier molecular flexibility index (Phi) is 6.86. The Bertz CT molecular complexity index is 3470. The topological polar surface area (TPSA) is 48.8 Å². The van der Waals surface area contributed by atoms with Gasteiger partial charge < -0.3 is 13.6 Å². The van der Waals surface area contributed by atoms with Crippen molar-refractivity contribution in [2.24, 2.45) is 0 Å². The quantitative estimate of drug-likeness (QED) is 0.177. The van der Waals surface area contributed by atoms with Gasteiger partial charge in [0.1, 0.15) is 5.52 Å². The molecule has 8 aromatic carbocycles. The van der Waals surface area contributed by atoms with E-state index in [1.165, 1.54) is 27.1 Å². The second kappa shape index (κ2) is 12.4. The number of para-hydroxylation sites is 4. The Morgan fingerprint density at radius 2 is 1.05 bits per heavy atom. The van der Waals surface area contributed by atoms with E-state index in [9.17, 15) is 0 Å². The average molecular weight is 729 g/mol. The smallest absolute Gasteiger partial charge is 0.228 e. The van der Waals surface area contributed by atoms with Crippen molar-refractivity contribution in [1.82, 2.24) is 19.1 Å². The molecule has 12 rings (SSSR count). The van der Waals surface area contributed by atoms with Crippen molar-refractivity contribution in [3.8, 4) is 45.2 Å². The van der Waals surface area contributed by atoms with E-state index in [4.69, 9.17) is 9.40 Å². The van der Waals surface area contributed by atoms with Crippen LogP contribution in [-0.2, 0) is 0 Å². The highest BCUT2D eigenvalue weighted by Crippen LogP contribution is 2.42. The van der Waals surface area contributed by atoms with Gasteiger partial charge in [0, 0.05) is 55.6 Å². The summed E-state index contributed by atoms with van der Waals surface area (Å²) in [6.45, 7) is 0. The molecule has 0 aliphatic heterocycles. The number of pyridine rings is 1. The maximum atomic E-state index is 6.77. The zero-order valence-electron chi connectivity index (χ0n) is 30.7. The van der Waals surface area contributed by atoms with E-state index in [1.54, 1.807) is 0 Å². The number of aromatic nitrogens is 4. The average Bonchev–Trinajstić information content (AvgIpc) is 3.97. The van der Waals surface area contributed by atoms with Crippen LogP contribution in [0.4, 0.5) is 0 Å². The summed E-state index contributed by atoms with van der Waals surface area (Å²) in [5, 5.41) is 6.97. The number of hydrogen-bond acceptors (Lipinski definition) is 3. The second-order valence-corrected chi connectivity index (χ2v) is 14.6. The molecule has 12 aromatic rings. The van der Waals surface area contributed by atoms with E-state index < -0.39 is 0 Å². The molecular formula is C52H32N4O. The van der Waals surface area contributed by atoms with Crippen LogP contribution < -0.4 is 0 Å². The van der Waals surface area contributed by atoms with Crippen LogP contribution in [0.1, 0.15) is 0 Å². The number of nitrogens with zero attached hydrogens (tertiary/aromatic N) is 4. The third kappa shape index (κ3) is 4.89. The fourth-order valence-corrected chi connectivity index (χ4v) is 8.82. The van der Waals surface area contributed by atoms with Crippen LogP contribution in [0.3, 0.4) is 0 Å². The molecule has 4 aromatic heterocycles. The number of rotatable bonds is 5. The summed E-state index contributed by atoms with van der Waals surface area (Å²) < 4.78 is 11.5. The molecule has 5 nitrogen and oxygen atoms in total. The molecule has 5 heteroatoms. The van der Waals surface area contributed by atoms with Gasteiger partial charge in [0.25, 0.3) is 0 Å². The summed E-state index contributed by atoms with van der Waals surface area (Å²) in [5.74, 6) is 0.579. The minimum absolute atomic E-state index is 0.579. The Morgan fingerprint density at radius 3 is 1.79 bits per heavy atom. The lowest BCUT2D eigenvalue weighted by atomic mass is 9.97. The molecule has 0 amide bonds. The molecule has 0 radical (unpaired) electrons. The van der Waals surface area contributed by atoms with Gasteiger partial charge in [-0.15, -0.1) is 0 Å². The van der Waals surface area contributed by atoms with Gasteiger partial charge in [-0.25, -0.2) is 4.98 Å². The van der Waals surface area contributed by atoms with Crippen molar-refractivity contribution in [2.75, 3.05) is 0 Å². The fraction of sp³-hybridized carbons (Fsp3) is 0. The van der Waals surface area contributed by atoms with Crippen molar-refractivity contribution < 1.29 is 4.42 Å². The Balaban J connectivity index is 1.10. The van der Waals surface area contributed by atoms with Crippen LogP contribution in [0, 0.1) is 0 Å². The molecule has 0 fully saturated rings. The van der Waals surface area contributed by atoms with Crippen LogP contribution in [0.2, 0.25) is 0 Å². The molecule has 0 aliphatic carbocycles. The maximum absolute atomic E-state index is 6.77. The molecule has 57 heavy (non-hydrogen) atoms.